The van der Waals surface area contributed by atoms with Crippen molar-refractivity contribution in [1.29, 1.82) is 0 Å². The molecule has 0 saturated heterocycles. The molecule has 0 spiro atoms. The molecule has 0 nitrogen and oxygen atoms in total. The summed E-state index contributed by atoms with van der Waals surface area (Å²) in [5, 5.41) is 0. The van der Waals surface area contributed by atoms with Crippen molar-refractivity contribution in [3.63, 3.8) is 0 Å². The molecule has 0 aromatic rings. The third-order valence-corrected chi connectivity index (χ3v) is 0. The van der Waals surface area contributed by atoms with Crippen LogP contribution in [0.25, 0.3) is 0 Å². The van der Waals surface area contributed by atoms with Gasteiger partial charge in [0.2, 0.25) is 0 Å². The van der Waals surface area contributed by atoms with Gasteiger partial charge in [-0.15, -0.1) is 0 Å². The van der Waals surface area contributed by atoms with E-state index in [-0.39, 0.29) is 89.2 Å². The van der Waals surface area contributed by atoms with E-state index in [4.69, 9.17) is 0 Å². The third kappa shape index (κ3) is 8.85. The molecular formula is CuLaMnZn. The van der Waals surface area contributed by atoms with E-state index >= 15 is 0 Å². The van der Waals surface area contributed by atoms with Gasteiger partial charge in [0.1, 0.15) is 0 Å². The molecule has 0 amide bonds. The molecule has 0 atom stereocenters. The van der Waals surface area contributed by atoms with Crippen LogP contribution in [0.5, 0.6) is 0 Å². The Labute approximate surface area is 87.5 Å². The largest absolute Gasteiger partial charge is 0 e. The molecule has 0 aliphatic rings. The predicted molar refractivity (Wildman–Crippen MR) is 0 cm³/mol. The fourth-order valence-corrected chi connectivity index (χ4v) is 0. The van der Waals surface area contributed by atoms with Crippen LogP contribution >= 0.6 is 0 Å². The summed E-state index contributed by atoms with van der Waals surface area (Å²) in [5.74, 6) is 0. The van der Waals surface area contributed by atoms with Crippen molar-refractivity contribution >= 4 is 0 Å². The maximum absolute atomic E-state index is 0. The Balaban J connectivity index is 0. The van der Waals surface area contributed by atoms with Crippen molar-refractivity contribution < 1.29 is 89.2 Å². The minimum atomic E-state index is 0. The van der Waals surface area contributed by atoms with Crippen LogP contribution in [0.15, 0.2) is 0 Å². The van der Waals surface area contributed by atoms with E-state index in [9.17, 15) is 0 Å². The molecule has 0 rings (SSSR count). The molecule has 0 unspecified atom stereocenters. The second kappa shape index (κ2) is 16.9. The first kappa shape index (κ1) is 28.8. The Morgan fingerprint density at radius 2 is 1.00 bits per heavy atom. The van der Waals surface area contributed by atoms with Crippen molar-refractivity contribution in [1.82, 2.24) is 0 Å². The molecule has 0 bridgehead atoms. The molecule has 4 heteroatoms. The Hall–Kier alpha value is 2.86. The van der Waals surface area contributed by atoms with Gasteiger partial charge < -0.3 is 0 Å². The Bertz CT molecular complexity index is 8.00. The molecule has 0 fully saturated rings. The van der Waals surface area contributed by atoms with E-state index in [1.807, 2.05) is 0 Å². The van der Waals surface area contributed by atoms with Gasteiger partial charge in [-0.05, 0) is 0 Å². The van der Waals surface area contributed by atoms with Crippen molar-refractivity contribution in [2.75, 3.05) is 0 Å². The number of rotatable bonds is 0. The van der Waals surface area contributed by atoms with Gasteiger partial charge in [0.05, 0.1) is 0 Å². The topological polar surface area (TPSA) is 0 Å². The molecule has 0 aliphatic carbocycles. The molecule has 0 saturated carbocycles. The summed E-state index contributed by atoms with van der Waals surface area (Å²) in [6.45, 7) is 0. The van der Waals surface area contributed by atoms with Gasteiger partial charge >= 0.3 is 0 Å². The first-order chi connectivity index (χ1) is 0. The minimum Gasteiger partial charge on any atom is 0 e. The molecule has 0 aromatic heterocycles. The predicted octanol–water partition coefficient (Wildman–Crippen LogP) is -0.00750. The second-order valence-electron chi connectivity index (χ2n) is 0. The molecule has 0 N–H and O–H groups in total. The summed E-state index contributed by atoms with van der Waals surface area (Å²) in [4.78, 5) is 0. The van der Waals surface area contributed by atoms with Crippen LogP contribution in [0.4, 0.5) is 0 Å². The zero-order chi connectivity index (χ0) is 0. The maximum Gasteiger partial charge on any atom is 0 e. The Kier molecular flexibility index (Phi) is 122. The first-order valence-corrected chi connectivity index (χ1v) is 0. The van der Waals surface area contributed by atoms with E-state index in [0.717, 1.165) is 0 Å². The van der Waals surface area contributed by atoms with Gasteiger partial charge in [0.25, 0.3) is 0 Å². The van der Waals surface area contributed by atoms with E-state index in [0.29, 0.717) is 0 Å². The number of hydrogen-bond acceptors (Lipinski definition) is 0. The molecular weight excluding hydrogens is 323 g/mol. The van der Waals surface area contributed by atoms with Gasteiger partial charge in [-0.3, -0.25) is 0 Å². The van der Waals surface area contributed by atoms with Gasteiger partial charge in [-0.2, -0.15) is 0 Å². The van der Waals surface area contributed by atoms with Crippen LogP contribution < -0.4 is 0 Å². The Morgan fingerprint density at radius 1 is 1.00 bits per heavy atom. The van der Waals surface area contributed by atoms with E-state index in [1.54, 1.807) is 0 Å². The zero-order valence-electron chi connectivity index (χ0n) is 1.96. The van der Waals surface area contributed by atoms with E-state index in [1.165, 1.54) is 0 Å². The van der Waals surface area contributed by atoms with Crippen molar-refractivity contribution in [3.05, 3.63) is 0 Å². The molecule has 23 valence electrons. The van der Waals surface area contributed by atoms with Gasteiger partial charge in [-0.1, -0.05) is 0 Å². The fourth-order valence-electron chi connectivity index (χ4n) is 0. The van der Waals surface area contributed by atoms with Crippen LogP contribution in [0, 0.1) is 35.6 Å². The molecule has 4 heavy (non-hydrogen) atoms. The summed E-state index contributed by atoms with van der Waals surface area (Å²) in [5.41, 5.74) is 0. The van der Waals surface area contributed by atoms with Crippen LogP contribution in [0.3, 0.4) is 0 Å². The quantitative estimate of drug-likeness (QED) is 0.551. The average molecular weight is 323 g/mol. The first-order valence-electron chi connectivity index (χ1n) is 0. The van der Waals surface area contributed by atoms with Gasteiger partial charge in [0, 0.05) is 89.2 Å². The van der Waals surface area contributed by atoms with Gasteiger partial charge in [-0.25, -0.2) is 0 Å². The van der Waals surface area contributed by atoms with Crippen molar-refractivity contribution in [2.45, 2.75) is 0 Å². The summed E-state index contributed by atoms with van der Waals surface area (Å²) in [7, 11) is 0. The number of hydrogen-bond donors (Lipinski definition) is 0. The smallest absolute Gasteiger partial charge is 0 e. The standard InChI is InChI=1S/Cu.La.Mn.Zn. The van der Waals surface area contributed by atoms with E-state index in [2.05, 4.69) is 0 Å². The van der Waals surface area contributed by atoms with Gasteiger partial charge in [0.15, 0.2) is 0 Å². The van der Waals surface area contributed by atoms with Crippen molar-refractivity contribution in [3.8, 4) is 0 Å². The summed E-state index contributed by atoms with van der Waals surface area (Å²) in [6.07, 6.45) is 0. The van der Waals surface area contributed by atoms with Crippen LogP contribution in [-0.4, -0.2) is 0 Å². The third-order valence-electron chi connectivity index (χ3n) is 0. The molecule has 3 radical (unpaired) electrons. The Morgan fingerprint density at radius 3 is 1.00 bits per heavy atom. The van der Waals surface area contributed by atoms with E-state index < -0.39 is 0 Å². The summed E-state index contributed by atoms with van der Waals surface area (Å²) >= 11 is 0. The summed E-state index contributed by atoms with van der Waals surface area (Å²) < 4.78 is 0. The van der Waals surface area contributed by atoms with Crippen molar-refractivity contribution in [2.24, 2.45) is 0 Å². The van der Waals surface area contributed by atoms with Crippen LogP contribution in [0.1, 0.15) is 0 Å². The van der Waals surface area contributed by atoms with Crippen LogP contribution in [0.2, 0.25) is 0 Å². The maximum atomic E-state index is 0. The zero-order valence-corrected chi connectivity index (χ0v) is 10.7. The second-order valence-corrected chi connectivity index (χ2v) is 0. The SMILES string of the molecule is [Cu].[La].[Mn].[Zn]. The minimum absolute atomic E-state index is 0. The monoisotopic (exact) mass is 321 g/mol. The fraction of sp³-hybridized carbons (Fsp3) is 0. The van der Waals surface area contributed by atoms with Crippen LogP contribution in [-0.2, 0) is 53.6 Å². The molecule has 0 heterocycles. The normalized spacial score (nSPS) is 0. The average Bonchev–Trinajstić information content (AvgIpc) is 0. The molecule has 0 aliphatic heterocycles. The molecule has 0 aromatic carbocycles. The summed E-state index contributed by atoms with van der Waals surface area (Å²) in [6, 6.07) is 0.